The Morgan fingerprint density at radius 3 is 2.00 bits per heavy atom. The van der Waals surface area contributed by atoms with Crippen LogP contribution in [0.3, 0.4) is 0 Å². The summed E-state index contributed by atoms with van der Waals surface area (Å²) < 4.78 is 35.3. The Morgan fingerprint density at radius 1 is 0.794 bits per heavy atom. The Hall–Kier alpha value is -4.65. The van der Waals surface area contributed by atoms with Gasteiger partial charge in [-0.15, -0.1) is 11.8 Å². The number of nitrogens with two attached hydrogens (primary N) is 2. The van der Waals surface area contributed by atoms with Crippen LogP contribution in [0.5, 0.6) is 0 Å². The molecule has 1 aliphatic rings. The van der Waals surface area contributed by atoms with Gasteiger partial charge in [-0.2, -0.15) is 4.98 Å². The van der Waals surface area contributed by atoms with Gasteiger partial charge in [0.15, 0.2) is 5.82 Å². The zero-order valence-corrected chi connectivity index (χ0v) is 40.5. The molecule has 68 heavy (non-hydrogen) atoms. The first-order valence-electron chi connectivity index (χ1n) is 23.5. The molecule has 1 saturated heterocycles. The number of aryl methyl sites for hydroxylation is 1. The number of unbranched alkanes of at least 4 members (excludes halogenated alkanes) is 2. The third kappa shape index (κ3) is 21.3. The molecule has 21 nitrogen and oxygen atoms in total. The summed E-state index contributed by atoms with van der Waals surface area (Å²) in [6.07, 6.45) is 5.32. The molecule has 0 aliphatic carbocycles. The van der Waals surface area contributed by atoms with Crippen molar-refractivity contribution in [3.8, 4) is 0 Å². The SMILES string of the molecule is CCCCCNc1nc(N)nc2ccn(Cc3ccc(CN4CCN(C(=O)CCOCCOCCOCCOCCOCCOCCNC(=O)[C@H](CC(=O)O)SC[C@H](N)C(=O)O)CC4)cc3C)c12. The number of hydrogen-bond donors (Lipinski definition) is 6. The maximum atomic E-state index is 12.9. The van der Waals surface area contributed by atoms with Crippen molar-refractivity contribution >= 4 is 58.3 Å². The predicted molar refractivity (Wildman–Crippen MR) is 259 cm³/mol. The van der Waals surface area contributed by atoms with Crippen LogP contribution in [0.25, 0.3) is 11.0 Å². The molecule has 22 heteroatoms. The van der Waals surface area contributed by atoms with Crippen molar-refractivity contribution in [1.29, 1.82) is 0 Å². The van der Waals surface area contributed by atoms with Crippen LogP contribution in [0.2, 0.25) is 0 Å². The number of carboxylic acids is 2. The lowest BCUT2D eigenvalue weighted by Gasteiger charge is -2.35. The molecule has 8 N–H and O–H groups in total. The number of nitrogens with zero attached hydrogens (tertiary/aromatic N) is 5. The molecule has 2 atom stereocenters. The highest BCUT2D eigenvalue weighted by Crippen LogP contribution is 2.25. The van der Waals surface area contributed by atoms with Crippen LogP contribution in [0.15, 0.2) is 30.5 Å². The summed E-state index contributed by atoms with van der Waals surface area (Å²) in [7, 11) is 0. The molecule has 2 amide bonds. The Bertz CT molecular complexity index is 1970. The van der Waals surface area contributed by atoms with E-state index in [-0.39, 0.29) is 30.8 Å². The lowest BCUT2D eigenvalue weighted by Crippen LogP contribution is -2.48. The van der Waals surface area contributed by atoms with Crippen molar-refractivity contribution in [3.63, 3.8) is 0 Å². The van der Waals surface area contributed by atoms with Crippen LogP contribution >= 0.6 is 11.8 Å². The Morgan fingerprint density at radius 2 is 1.41 bits per heavy atom. The minimum Gasteiger partial charge on any atom is -0.481 e. The Kier molecular flexibility index (Phi) is 26.5. The first kappa shape index (κ1) is 55.9. The quantitative estimate of drug-likeness (QED) is 0.0452. The van der Waals surface area contributed by atoms with E-state index in [1.165, 1.54) is 16.7 Å². The maximum Gasteiger partial charge on any atom is 0.321 e. The summed E-state index contributed by atoms with van der Waals surface area (Å²) in [5, 5.41) is 23.0. The summed E-state index contributed by atoms with van der Waals surface area (Å²) in [6, 6.07) is 7.48. The molecule has 380 valence electrons. The number of amides is 2. The molecule has 4 rings (SSSR count). The number of carboxylic acid groups (broad SMARTS) is 2. The molecule has 3 aromatic rings. The third-order valence-electron chi connectivity index (χ3n) is 10.9. The minimum absolute atomic E-state index is 0.0899. The Labute approximate surface area is 403 Å². The van der Waals surface area contributed by atoms with Crippen LogP contribution < -0.4 is 22.1 Å². The van der Waals surface area contributed by atoms with Crippen LogP contribution in [0.4, 0.5) is 11.8 Å². The zero-order valence-electron chi connectivity index (χ0n) is 39.7. The van der Waals surface area contributed by atoms with E-state index in [0.717, 1.165) is 74.1 Å². The number of aromatic nitrogens is 3. The van der Waals surface area contributed by atoms with Crippen molar-refractivity contribution in [3.05, 3.63) is 47.2 Å². The summed E-state index contributed by atoms with van der Waals surface area (Å²) in [5.74, 6) is -1.86. The van der Waals surface area contributed by atoms with Crippen molar-refractivity contribution in [2.45, 2.75) is 70.3 Å². The van der Waals surface area contributed by atoms with E-state index < -0.39 is 35.6 Å². The van der Waals surface area contributed by atoms with Gasteiger partial charge in [-0.1, -0.05) is 38.0 Å². The average molecular weight is 976 g/mol. The van der Waals surface area contributed by atoms with E-state index in [4.69, 9.17) is 50.1 Å². The number of piperazine rings is 1. The number of aliphatic carboxylic acids is 2. The zero-order chi connectivity index (χ0) is 48.9. The van der Waals surface area contributed by atoms with Crippen LogP contribution in [0.1, 0.15) is 55.7 Å². The van der Waals surface area contributed by atoms with Gasteiger partial charge in [0.25, 0.3) is 0 Å². The molecule has 1 aliphatic heterocycles. The second-order valence-corrected chi connectivity index (χ2v) is 17.5. The van der Waals surface area contributed by atoms with Crippen molar-refractivity contribution in [1.82, 2.24) is 29.7 Å². The first-order valence-corrected chi connectivity index (χ1v) is 24.5. The summed E-state index contributed by atoms with van der Waals surface area (Å²) >= 11 is 0.889. The van der Waals surface area contributed by atoms with Gasteiger partial charge >= 0.3 is 11.9 Å². The summed E-state index contributed by atoms with van der Waals surface area (Å²) in [6.45, 7) is 14.3. The number of rotatable bonds is 37. The average Bonchev–Trinajstić information content (AvgIpc) is 3.72. The molecule has 2 aromatic heterocycles. The summed E-state index contributed by atoms with van der Waals surface area (Å²) in [5.41, 5.74) is 17.0. The molecule has 1 fully saturated rings. The van der Waals surface area contributed by atoms with Gasteiger partial charge in [-0.25, -0.2) is 4.98 Å². The van der Waals surface area contributed by atoms with Crippen LogP contribution in [-0.2, 0) is 60.7 Å². The molecule has 1 aromatic carbocycles. The number of ether oxygens (including phenoxy) is 6. The number of nitrogen functional groups attached to an aromatic ring is 1. The highest BCUT2D eigenvalue weighted by atomic mass is 32.2. The molecule has 0 bridgehead atoms. The van der Waals surface area contributed by atoms with Gasteiger partial charge in [0.05, 0.1) is 103 Å². The predicted octanol–water partition coefficient (Wildman–Crippen LogP) is 2.21. The smallest absolute Gasteiger partial charge is 0.321 e. The highest BCUT2D eigenvalue weighted by Gasteiger charge is 2.25. The largest absolute Gasteiger partial charge is 0.481 e. The number of nitrogens with one attached hydrogen (secondary N) is 2. The molecule has 0 spiro atoms. The van der Waals surface area contributed by atoms with Gasteiger partial charge in [0.2, 0.25) is 17.8 Å². The van der Waals surface area contributed by atoms with E-state index in [2.05, 4.69) is 62.1 Å². The van der Waals surface area contributed by atoms with Crippen molar-refractivity contribution in [2.24, 2.45) is 5.73 Å². The molecule has 0 saturated carbocycles. The van der Waals surface area contributed by atoms with E-state index in [1.54, 1.807) is 0 Å². The second kappa shape index (κ2) is 32.2. The maximum absolute atomic E-state index is 12.9. The van der Waals surface area contributed by atoms with E-state index in [9.17, 15) is 19.2 Å². The van der Waals surface area contributed by atoms with Gasteiger partial charge in [0.1, 0.15) is 11.6 Å². The lowest BCUT2D eigenvalue weighted by atomic mass is 10.0. The monoisotopic (exact) mass is 976 g/mol. The normalized spacial score (nSPS) is 14.0. The number of carbonyl (C=O) groups is 4. The van der Waals surface area contributed by atoms with Crippen LogP contribution in [0, 0.1) is 6.92 Å². The topological polar surface area (TPSA) is 277 Å². The fourth-order valence-electron chi connectivity index (χ4n) is 7.15. The van der Waals surface area contributed by atoms with Crippen LogP contribution in [-0.4, -0.2) is 194 Å². The summed E-state index contributed by atoms with van der Waals surface area (Å²) in [4.78, 5) is 60.4. The number of hydrogen-bond acceptors (Lipinski definition) is 17. The Balaban J connectivity index is 0.936. The van der Waals surface area contributed by atoms with Crippen molar-refractivity contribution in [2.75, 3.05) is 135 Å². The molecular weight excluding hydrogens is 903 g/mol. The van der Waals surface area contributed by atoms with Gasteiger partial charge in [-0.3, -0.25) is 24.1 Å². The fourth-order valence-corrected chi connectivity index (χ4v) is 8.23. The first-order chi connectivity index (χ1) is 32.9. The standard InChI is InChI=1S/C46H73N9O12S/c1-3-4-5-10-49-43-42-38(51-46(48)52-43)8-12-55(42)32-36-7-6-35(29-34(36)2)31-53-13-15-54(16-14-53)40(56)9-17-62-19-21-64-23-25-66-27-28-67-26-24-65-22-20-63-18-11-50-44(59)39(30-41(57)58)68-33-37(47)45(60)61/h6-8,12,29,37,39H,3-5,9-11,13-28,30-33,47H2,1-2H3,(H,50,59)(H,57,58)(H,60,61)(H3,48,49,51,52)/t37-,39-/m0/s1. The second-order valence-electron chi connectivity index (χ2n) is 16.2. The van der Waals surface area contributed by atoms with Gasteiger partial charge in [-0.05, 0) is 36.1 Å². The number of carbonyl (C=O) groups excluding carboxylic acids is 2. The van der Waals surface area contributed by atoms with E-state index in [0.29, 0.717) is 98.7 Å². The molecular formula is C46H73N9O12S. The highest BCUT2D eigenvalue weighted by molar-refractivity contribution is 8.00. The molecule has 3 heterocycles. The van der Waals surface area contributed by atoms with E-state index in [1.807, 2.05) is 17.2 Å². The fraction of sp³-hybridized carbons (Fsp3) is 0.652. The van der Waals surface area contributed by atoms with Crippen molar-refractivity contribution < 1.29 is 57.8 Å². The molecule has 0 radical (unpaired) electrons. The number of fused-ring (bicyclic) bond motifs is 1. The number of anilines is 2. The van der Waals surface area contributed by atoms with Gasteiger partial charge in [0, 0.05) is 64.3 Å². The van der Waals surface area contributed by atoms with Gasteiger partial charge < -0.3 is 70.2 Å². The minimum atomic E-state index is -1.22. The number of thioether (sulfide) groups is 1. The lowest BCUT2D eigenvalue weighted by molar-refractivity contribution is -0.138. The molecule has 0 unspecified atom stereocenters. The number of benzene rings is 1. The third-order valence-corrected chi connectivity index (χ3v) is 12.2. The van der Waals surface area contributed by atoms with E-state index >= 15 is 0 Å².